The van der Waals surface area contributed by atoms with E-state index in [2.05, 4.69) is 32.4 Å². The van der Waals surface area contributed by atoms with Crippen LogP contribution in [0.1, 0.15) is 64.0 Å². The summed E-state index contributed by atoms with van der Waals surface area (Å²) in [7, 11) is 0. The zero-order valence-electron chi connectivity index (χ0n) is 26.0. The molecule has 1 aliphatic rings. The fraction of sp³-hybridized carbons (Fsp3) is 0.371. The van der Waals surface area contributed by atoms with E-state index in [0.717, 1.165) is 60.8 Å². The lowest BCUT2D eigenvalue weighted by Crippen LogP contribution is -2.48. The molecular weight excluding hydrogens is 552 g/mol. The van der Waals surface area contributed by atoms with Crippen molar-refractivity contribution in [2.45, 2.75) is 53.6 Å². The third kappa shape index (κ3) is 7.26. The summed E-state index contributed by atoms with van der Waals surface area (Å²) in [6, 6.07) is 17.4. The Hall–Kier alpha value is -4.68. The van der Waals surface area contributed by atoms with Gasteiger partial charge < -0.3 is 18.9 Å². The van der Waals surface area contributed by atoms with Crippen molar-refractivity contribution in [1.29, 1.82) is 5.26 Å². The van der Waals surface area contributed by atoms with Gasteiger partial charge in [0.2, 0.25) is 0 Å². The van der Waals surface area contributed by atoms with Gasteiger partial charge in [0.1, 0.15) is 29.1 Å². The van der Waals surface area contributed by atoms with Crippen molar-refractivity contribution < 1.29 is 14.3 Å². The van der Waals surface area contributed by atoms with Crippen molar-refractivity contribution in [2.75, 3.05) is 32.8 Å². The zero-order valence-corrected chi connectivity index (χ0v) is 26.0. The average Bonchev–Trinajstić information content (AvgIpc) is 3.36. The summed E-state index contributed by atoms with van der Waals surface area (Å²) in [6.45, 7) is 12.8. The number of hydrogen-bond donors (Lipinski definition) is 0. The second-order valence-electron chi connectivity index (χ2n) is 11.3. The molecule has 0 spiro atoms. The van der Waals surface area contributed by atoms with E-state index in [1.54, 1.807) is 12.3 Å². The summed E-state index contributed by atoms with van der Waals surface area (Å²) < 4.78 is 14.3. The van der Waals surface area contributed by atoms with Crippen LogP contribution in [0.5, 0.6) is 17.2 Å². The van der Waals surface area contributed by atoms with E-state index >= 15 is 0 Å². The van der Waals surface area contributed by atoms with Crippen LogP contribution in [0.4, 0.5) is 0 Å². The van der Waals surface area contributed by atoms with E-state index < -0.39 is 0 Å². The highest BCUT2D eigenvalue weighted by molar-refractivity contribution is 5.97. The number of ether oxygens (including phenoxy) is 2. The first-order valence-electron chi connectivity index (χ1n) is 15.2. The number of imidazole rings is 1. The lowest BCUT2D eigenvalue weighted by atomic mass is 10.1. The monoisotopic (exact) mass is 592 g/mol. The maximum Gasteiger partial charge on any atom is 0.257 e. The predicted octanol–water partition coefficient (Wildman–Crippen LogP) is 6.05. The number of hydrogen-bond acceptors (Lipinski definition) is 7. The number of rotatable bonds is 11. The largest absolute Gasteiger partial charge is 0.493 e. The van der Waals surface area contributed by atoms with Crippen LogP contribution in [0, 0.1) is 32.1 Å². The van der Waals surface area contributed by atoms with Gasteiger partial charge in [0.15, 0.2) is 0 Å². The molecule has 0 radical (unpaired) electrons. The maximum absolute atomic E-state index is 13.5. The minimum atomic E-state index is 0.0253. The van der Waals surface area contributed by atoms with Crippen molar-refractivity contribution in [2.24, 2.45) is 0 Å². The normalized spacial score (nSPS) is 13.5. The van der Waals surface area contributed by atoms with Gasteiger partial charge in [-0.3, -0.25) is 14.7 Å². The Morgan fingerprint density at radius 2 is 1.77 bits per heavy atom. The quantitative estimate of drug-likeness (QED) is 0.196. The summed E-state index contributed by atoms with van der Waals surface area (Å²) in [4.78, 5) is 26.7. The number of aryl methyl sites for hydroxylation is 3. The molecule has 2 aromatic heterocycles. The summed E-state index contributed by atoms with van der Waals surface area (Å²) in [5.41, 5.74) is 5.06. The summed E-state index contributed by atoms with van der Waals surface area (Å²) in [6.07, 6.45) is 5.65. The topological polar surface area (TPSA) is 96.5 Å². The molecule has 1 aliphatic heterocycles. The van der Waals surface area contributed by atoms with E-state index in [1.807, 2.05) is 74.3 Å². The Morgan fingerprint density at radius 1 is 0.955 bits per heavy atom. The van der Waals surface area contributed by atoms with Gasteiger partial charge in [-0.1, -0.05) is 25.5 Å². The van der Waals surface area contributed by atoms with Gasteiger partial charge in [-0.25, -0.2) is 4.98 Å². The fourth-order valence-corrected chi connectivity index (χ4v) is 5.34. The zero-order chi connectivity index (χ0) is 31.1. The van der Waals surface area contributed by atoms with Crippen molar-refractivity contribution in [3.63, 3.8) is 0 Å². The van der Waals surface area contributed by atoms with Crippen molar-refractivity contribution in [3.05, 3.63) is 100 Å². The van der Waals surface area contributed by atoms with Crippen LogP contribution in [-0.2, 0) is 13.1 Å². The molecule has 4 aromatic rings. The summed E-state index contributed by atoms with van der Waals surface area (Å²) >= 11 is 0. The molecule has 0 unspecified atom stereocenters. The highest BCUT2D eigenvalue weighted by atomic mass is 16.5. The maximum atomic E-state index is 13.5. The molecule has 1 fully saturated rings. The number of nitriles is 1. The average molecular weight is 593 g/mol. The lowest BCUT2D eigenvalue weighted by molar-refractivity contribution is 0.0621. The van der Waals surface area contributed by atoms with E-state index in [0.29, 0.717) is 54.6 Å². The molecule has 9 nitrogen and oxygen atoms in total. The molecule has 44 heavy (non-hydrogen) atoms. The number of unbranched alkanes of at least 4 members (excludes halogenated alkanes) is 1. The number of nitrogens with zero attached hydrogens (tertiary/aromatic N) is 6. The minimum Gasteiger partial charge on any atom is -0.493 e. The highest BCUT2D eigenvalue weighted by Gasteiger charge is 2.25. The highest BCUT2D eigenvalue weighted by Crippen LogP contribution is 2.29. The van der Waals surface area contributed by atoms with Crippen LogP contribution in [0.3, 0.4) is 0 Å². The second-order valence-corrected chi connectivity index (χ2v) is 11.3. The van der Waals surface area contributed by atoms with E-state index in [-0.39, 0.29) is 5.91 Å². The molecule has 0 bridgehead atoms. The number of amides is 1. The standard InChI is InChI=1S/C35H40N6O3/c1-5-6-18-43-34-19-25(2)9-12-31(34)35(42)40-16-14-39(15-17-40)24-30-22-38-27(4)41(30)23-28-10-11-29(21-36)33(20-28)44-32-8-7-13-37-26(32)3/h7-13,19-20,22H,5-6,14-18,23-24H2,1-4H3. The molecule has 3 heterocycles. The number of pyridine rings is 1. The summed E-state index contributed by atoms with van der Waals surface area (Å²) in [5.74, 6) is 2.75. The Balaban J connectivity index is 1.24. The van der Waals surface area contributed by atoms with Gasteiger partial charge >= 0.3 is 0 Å². The molecule has 1 saturated heterocycles. The van der Waals surface area contributed by atoms with Crippen molar-refractivity contribution in [3.8, 4) is 23.3 Å². The lowest BCUT2D eigenvalue weighted by Gasteiger charge is -2.35. The molecule has 228 valence electrons. The molecule has 2 aromatic carbocycles. The third-order valence-electron chi connectivity index (χ3n) is 7.99. The van der Waals surface area contributed by atoms with Crippen LogP contribution < -0.4 is 9.47 Å². The number of piperazine rings is 1. The van der Waals surface area contributed by atoms with Crippen LogP contribution in [0.15, 0.2) is 60.9 Å². The van der Waals surface area contributed by atoms with Crippen LogP contribution in [0.2, 0.25) is 0 Å². The third-order valence-corrected chi connectivity index (χ3v) is 7.99. The van der Waals surface area contributed by atoms with E-state index in [4.69, 9.17) is 9.47 Å². The number of carbonyl (C=O) groups excluding carboxylic acids is 1. The number of aromatic nitrogens is 3. The Labute approximate surface area is 259 Å². The second kappa shape index (κ2) is 14.2. The van der Waals surface area contributed by atoms with Crippen LogP contribution in [-0.4, -0.2) is 63.0 Å². The van der Waals surface area contributed by atoms with Gasteiger partial charge in [0.05, 0.1) is 29.1 Å². The Morgan fingerprint density at radius 3 is 2.52 bits per heavy atom. The first-order valence-corrected chi connectivity index (χ1v) is 15.2. The molecule has 1 amide bonds. The van der Waals surface area contributed by atoms with Gasteiger partial charge in [0.25, 0.3) is 5.91 Å². The first kappa shape index (κ1) is 30.8. The molecule has 0 saturated carbocycles. The number of carbonyl (C=O) groups is 1. The fourth-order valence-electron chi connectivity index (χ4n) is 5.34. The van der Waals surface area contributed by atoms with Crippen molar-refractivity contribution >= 4 is 5.91 Å². The van der Waals surface area contributed by atoms with E-state index in [1.165, 1.54) is 0 Å². The molecule has 5 rings (SSSR count). The smallest absolute Gasteiger partial charge is 0.257 e. The summed E-state index contributed by atoms with van der Waals surface area (Å²) in [5, 5.41) is 9.67. The molecule has 0 atom stereocenters. The van der Waals surface area contributed by atoms with Crippen LogP contribution >= 0.6 is 0 Å². The Bertz CT molecular complexity index is 1650. The Kier molecular flexibility index (Phi) is 9.93. The molecule has 0 aliphatic carbocycles. The van der Waals surface area contributed by atoms with Gasteiger partial charge in [-0.2, -0.15) is 5.26 Å². The first-order chi connectivity index (χ1) is 21.4. The molecule has 0 N–H and O–H groups in total. The van der Waals surface area contributed by atoms with Gasteiger partial charge in [0, 0.05) is 51.7 Å². The minimum absolute atomic E-state index is 0.0253. The number of benzene rings is 2. The van der Waals surface area contributed by atoms with E-state index in [9.17, 15) is 10.1 Å². The van der Waals surface area contributed by atoms with Crippen molar-refractivity contribution in [1.82, 2.24) is 24.3 Å². The van der Waals surface area contributed by atoms with Gasteiger partial charge in [-0.15, -0.1) is 0 Å². The van der Waals surface area contributed by atoms with Gasteiger partial charge in [-0.05, 0) is 74.7 Å². The SMILES string of the molecule is CCCCOc1cc(C)ccc1C(=O)N1CCN(Cc2cnc(C)n2Cc2ccc(C#N)c(Oc3cccnc3C)c2)CC1. The van der Waals surface area contributed by atoms with Crippen LogP contribution in [0.25, 0.3) is 0 Å². The predicted molar refractivity (Wildman–Crippen MR) is 169 cm³/mol. The molecular formula is C35H40N6O3. The molecule has 9 heteroatoms.